The Morgan fingerprint density at radius 1 is 1.04 bits per heavy atom. The number of hydrogen-bond donors (Lipinski definition) is 2. The largest absolute Gasteiger partial charge is 0.493 e. The molecule has 25 heavy (non-hydrogen) atoms. The predicted molar refractivity (Wildman–Crippen MR) is 94.6 cm³/mol. The number of aliphatic carboxylic acids is 1. The fourth-order valence-electron chi connectivity index (χ4n) is 2.43. The molecule has 6 nitrogen and oxygen atoms in total. The number of ether oxygens (including phenoxy) is 2. The van der Waals surface area contributed by atoms with Gasteiger partial charge in [-0.3, -0.25) is 9.59 Å². The molecule has 0 unspecified atom stereocenters. The normalized spacial score (nSPS) is 10.2. The minimum absolute atomic E-state index is 0.0799. The van der Waals surface area contributed by atoms with Crippen LogP contribution in [0.2, 0.25) is 0 Å². The van der Waals surface area contributed by atoms with Crippen LogP contribution in [0, 0.1) is 6.92 Å². The van der Waals surface area contributed by atoms with Gasteiger partial charge in [0.1, 0.15) is 0 Å². The van der Waals surface area contributed by atoms with Crippen LogP contribution in [0.3, 0.4) is 0 Å². The molecular weight excluding hydrogens is 322 g/mol. The van der Waals surface area contributed by atoms with Gasteiger partial charge in [-0.1, -0.05) is 12.1 Å². The molecule has 0 aliphatic rings. The van der Waals surface area contributed by atoms with Gasteiger partial charge in [0, 0.05) is 17.7 Å². The first kappa shape index (κ1) is 18.3. The van der Waals surface area contributed by atoms with Gasteiger partial charge in [-0.25, -0.2) is 0 Å². The van der Waals surface area contributed by atoms with Crippen molar-refractivity contribution in [2.75, 3.05) is 19.5 Å². The highest BCUT2D eigenvalue weighted by atomic mass is 16.5. The van der Waals surface area contributed by atoms with Crippen LogP contribution in [-0.4, -0.2) is 31.2 Å². The Morgan fingerprint density at radius 2 is 1.64 bits per heavy atom. The maximum atomic E-state index is 12.5. The molecule has 1 amide bonds. The van der Waals surface area contributed by atoms with E-state index >= 15 is 0 Å². The summed E-state index contributed by atoms with van der Waals surface area (Å²) in [6.45, 7) is 1.83. The lowest BCUT2D eigenvalue weighted by Gasteiger charge is -2.13. The Bertz CT molecular complexity index is 768. The molecule has 2 aromatic rings. The fourth-order valence-corrected chi connectivity index (χ4v) is 2.43. The van der Waals surface area contributed by atoms with Crippen LogP contribution < -0.4 is 14.8 Å². The van der Waals surface area contributed by atoms with E-state index in [1.54, 1.807) is 43.5 Å². The molecule has 2 aromatic carbocycles. The van der Waals surface area contributed by atoms with Crippen LogP contribution >= 0.6 is 0 Å². The first-order chi connectivity index (χ1) is 11.9. The van der Waals surface area contributed by atoms with Gasteiger partial charge in [0.25, 0.3) is 5.91 Å². The number of amides is 1. The SMILES string of the molecule is COc1cc(C)c(C(=O)Nc2ccc(CCC(=O)O)cc2)cc1OC. The van der Waals surface area contributed by atoms with E-state index in [1.165, 1.54) is 7.11 Å². The van der Waals surface area contributed by atoms with Crippen LogP contribution in [0.4, 0.5) is 5.69 Å². The third-order valence-electron chi connectivity index (χ3n) is 3.81. The Morgan fingerprint density at radius 3 is 2.20 bits per heavy atom. The number of nitrogens with one attached hydrogen (secondary N) is 1. The van der Waals surface area contributed by atoms with Crippen molar-refractivity contribution in [1.82, 2.24) is 0 Å². The molecule has 0 heterocycles. The van der Waals surface area contributed by atoms with Crippen molar-refractivity contribution in [2.45, 2.75) is 19.8 Å². The van der Waals surface area contributed by atoms with E-state index in [0.29, 0.717) is 29.2 Å². The molecule has 132 valence electrons. The second-order valence-electron chi connectivity index (χ2n) is 5.57. The van der Waals surface area contributed by atoms with Gasteiger partial charge in [0.05, 0.1) is 14.2 Å². The Labute approximate surface area is 146 Å². The molecule has 2 rings (SSSR count). The summed E-state index contributed by atoms with van der Waals surface area (Å²) in [4.78, 5) is 23.1. The summed E-state index contributed by atoms with van der Waals surface area (Å²) < 4.78 is 10.5. The number of rotatable bonds is 7. The van der Waals surface area contributed by atoms with Crippen LogP contribution in [0.1, 0.15) is 27.9 Å². The molecule has 2 N–H and O–H groups in total. The van der Waals surface area contributed by atoms with E-state index in [9.17, 15) is 9.59 Å². The molecule has 0 aliphatic heterocycles. The third kappa shape index (κ3) is 4.73. The van der Waals surface area contributed by atoms with Gasteiger partial charge in [0.2, 0.25) is 0 Å². The number of methoxy groups -OCH3 is 2. The van der Waals surface area contributed by atoms with Crippen molar-refractivity contribution in [2.24, 2.45) is 0 Å². The highest BCUT2D eigenvalue weighted by molar-refractivity contribution is 6.05. The molecule has 0 saturated carbocycles. The van der Waals surface area contributed by atoms with Crippen LogP contribution in [0.5, 0.6) is 11.5 Å². The van der Waals surface area contributed by atoms with Crippen molar-refractivity contribution in [3.63, 3.8) is 0 Å². The van der Waals surface area contributed by atoms with Gasteiger partial charge in [-0.15, -0.1) is 0 Å². The average Bonchev–Trinajstić information content (AvgIpc) is 2.60. The second-order valence-corrected chi connectivity index (χ2v) is 5.57. The molecule has 0 spiro atoms. The van der Waals surface area contributed by atoms with E-state index < -0.39 is 5.97 Å². The van der Waals surface area contributed by atoms with E-state index in [0.717, 1.165) is 11.1 Å². The highest BCUT2D eigenvalue weighted by Crippen LogP contribution is 2.30. The molecule has 0 aromatic heterocycles. The maximum Gasteiger partial charge on any atom is 0.303 e. The summed E-state index contributed by atoms with van der Waals surface area (Å²) in [6, 6.07) is 10.5. The lowest BCUT2D eigenvalue weighted by Crippen LogP contribution is -2.14. The van der Waals surface area contributed by atoms with E-state index in [-0.39, 0.29) is 12.3 Å². The molecule has 0 fully saturated rings. The standard InChI is InChI=1S/C19H21NO5/c1-12-10-16(24-2)17(25-3)11-15(12)19(23)20-14-7-4-13(5-8-14)6-9-18(21)22/h4-5,7-8,10-11H,6,9H2,1-3H3,(H,20,23)(H,21,22). The highest BCUT2D eigenvalue weighted by Gasteiger charge is 2.14. The van der Waals surface area contributed by atoms with Crippen molar-refractivity contribution in [1.29, 1.82) is 0 Å². The van der Waals surface area contributed by atoms with Gasteiger partial charge in [0.15, 0.2) is 11.5 Å². The summed E-state index contributed by atoms with van der Waals surface area (Å²) in [6.07, 6.45) is 0.537. The summed E-state index contributed by atoms with van der Waals surface area (Å²) >= 11 is 0. The number of aryl methyl sites for hydroxylation is 2. The summed E-state index contributed by atoms with van der Waals surface area (Å²) in [5, 5.41) is 11.5. The molecular formula is C19H21NO5. The van der Waals surface area contributed by atoms with Crippen LogP contribution in [0.25, 0.3) is 0 Å². The van der Waals surface area contributed by atoms with Gasteiger partial charge in [-0.2, -0.15) is 0 Å². The monoisotopic (exact) mass is 343 g/mol. The van der Waals surface area contributed by atoms with Gasteiger partial charge < -0.3 is 19.9 Å². The van der Waals surface area contributed by atoms with Crippen molar-refractivity contribution < 1.29 is 24.2 Å². The topological polar surface area (TPSA) is 84.9 Å². The lowest BCUT2D eigenvalue weighted by molar-refractivity contribution is -0.136. The van der Waals surface area contributed by atoms with Crippen molar-refractivity contribution in [3.8, 4) is 11.5 Å². The molecule has 0 bridgehead atoms. The number of hydrogen-bond acceptors (Lipinski definition) is 4. The Balaban J connectivity index is 2.13. The molecule has 0 aliphatic carbocycles. The van der Waals surface area contributed by atoms with Crippen LogP contribution in [-0.2, 0) is 11.2 Å². The molecule has 0 atom stereocenters. The van der Waals surface area contributed by atoms with Crippen molar-refractivity contribution >= 4 is 17.6 Å². The summed E-state index contributed by atoms with van der Waals surface area (Å²) in [7, 11) is 3.06. The van der Waals surface area contributed by atoms with Gasteiger partial charge >= 0.3 is 5.97 Å². The van der Waals surface area contributed by atoms with E-state index in [4.69, 9.17) is 14.6 Å². The number of carboxylic acids is 1. The fraction of sp³-hybridized carbons (Fsp3) is 0.263. The summed E-state index contributed by atoms with van der Waals surface area (Å²) in [5.41, 5.74) is 2.81. The number of benzene rings is 2. The third-order valence-corrected chi connectivity index (χ3v) is 3.81. The zero-order valence-electron chi connectivity index (χ0n) is 14.5. The van der Waals surface area contributed by atoms with E-state index in [2.05, 4.69) is 5.32 Å². The van der Waals surface area contributed by atoms with Gasteiger partial charge in [-0.05, 0) is 48.7 Å². The number of anilines is 1. The maximum absolute atomic E-state index is 12.5. The number of carboxylic acid groups (broad SMARTS) is 1. The summed E-state index contributed by atoms with van der Waals surface area (Å²) in [5.74, 6) is -0.0281. The minimum atomic E-state index is -0.832. The Kier molecular flexibility index (Phi) is 6.00. The van der Waals surface area contributed by atoms with Crippen molar-refractivity contribution in [3.05, 3.63) is 53.1 Å². The second kappa shape index (κ2) is 8.19. The number of carbonyl (C=O) groups excluding carboxylic acids is 1. The zero-order valence-corrected chi connectivity index (χ0v) is 14.5. The predicted octanol–water partition coefficient (Wildman–Crippen LogP) is 3.28. The smallest absolute Gasteiger partial charge is 0.303 e. The first-order valence-corrected chi connectivity index (χ1v) is 7.79. The number of carbonyl (C=O) groups is 2. The quantitative estimate of drug-likeness (QED) is 0.806. The molecule has 0 saturated heterocycles. The molecule has 6 heteroatoms. The zero-order chi connectivity index (χ0) is 18.4. The average molecular weight is 343 g/mol. The minimum Gasteiger partial charge on any atom is -0.493 e. The first-order valence-electron chi connectivity index (χ1n) is 7.79. The lowest BCUT2D eigenvalue weighted by atomic mass is 10.1. The Hall–Kier alpha value is -3.02. The van der Waals surface area contributed by atoms with Crippen LogP contribution in [0.15, 0.2) is 36.4 Å². The van der Waals surface area contributed by atoms with E-state index in [1.807, 2.05) is 6.92 Å². The molecule has 0 radical (unpaired) electrons.